The molecule has 1 aliphatic heterocycles. The number of rotatable bonds is 10. The average molecular weight is 563 g/mol. The summed E-state index contributed by atoms with van der Waals surface area (Å²) in [5.74, 6) is -0.106. The van der Waals surface area contributed by atoms with Gasteiger partial charge in [-0.15, -0.1) is 29.5 Å². The number of amides is 1. The first-order valence-electron chi connectivity index (χ1n) is 11.7. The van der Waals surface area contributed by atoms with E-state index in [4.69, 9.17) is 17.0 Å². The van der Waals surface area contributed by atoms with Crippen molar-refractivity contribution in [3.05, 3.63) is 70.6 Å². The molecule has 0 bridgehead atoms. The molecule has 1 saturated heterocycles. The van der Waals surface area contributed by atoms with Crippen LogP contribution >= 0.6 is 22.9 Å². The van der Waals surface area contributed by atoms with Crippen LogP contribution in [-0.2, 0) is 26.2 Å². The molecule has 2 heterocycles. The van der Waals surface area contributed by atoms with E-state index in [1.54, 1.807) is 60.5 Å². The van der Waals surface area contributed by atoms with Crippen molar-refractivity contribution in [1.82, 2.24) is 14.1 Å². The maximum atomic E-state index is 13.3. The number of nitrogens with one attached hydrogen (secondary N) is 1. The van der Waals surface area contributed by atoms with E-state index < -0.39 is 22.0 Å². The second kappa shape index (κ2) is 12.2. The number of nitrogens with zero attached hydrogens (tertiary/aromatic N) is 3. The number of thiophene rings is 1. The van der Waals surface area contributed by atoms with Crippen LogP contribution in [0.15, 0.2) is 53.3 Å². The minimum atomic E-state index is -3.96. The zero-order chi connectivity index (χ0) is 27.3. The lowest BCUT2D eigenvalue weighted by Gasteiger charge is -2.37. The quantitative estimate of drug-likeness (QED) is 0.156. The van der Waals surface area contributed by atoms with Crippen LogP contribution in [0.3, 0.4) is 0 Å². The number of halogens is 1. The van der Waals surface area contributed by atoms with Crippen LogP contribution in [0, 0.1) is 12.3 Å². The Hall–Kier alpha value is -2.79. The van der Waals surface area contributed by atoms with Gasteiger partial charge in [-0.25, -0.2) is 8.42 Å². The van der Waals surface area contributed by atoms with Crippen LogP contribution < -0.4 is 0 Å². The van der Waals surface area contributed by atoms with Crippen molar-refractivity contribution in [2.45, 2.75) is 36.0 Å². The van der Waals surface area contributed by atoms with E-state index in [1.807, 2.05) is 13.8 Å². The molecule has 198 valence electrons. The Kier molecular flexibility index (Phi) is 9.46. The Bertz CT molecular complexity index is 1300. The molecule has 0 aliphatic carbocycles. The number of hydrogen-bond acceptors (Lipinski definition) is 6. The van der Waals surface area contributed by atoms with E-state index >= 15 is 0 Å². The van der Waals surface area contributed by atoms with E-state index in [-0.39, 0.29) is 29.2 Å². The van der Waals surface area contributed by atoms with Crippen LogP contribution in [0.4, 0.5) is 0 Å². The van der Waals surface area contributed by atoms with E-state index in [9.17, 15) is 18.0 Å². The Morgan fingerprint density at radius 3 is 2.62 bits per heavy atom. The third kappa shape index (κ3) is 6.75. The summed E-state index contributed by atoms with van der Waals surface area (Å²) >= 11 is 7.09. The van der Waals surface area contributed by atoms with Gasteiger partial charge in [-0.3, -0.25) is 10.2 Å². The van der Waals surface area contributed by atoms with Gasteiger partial charge in [0.1, 0.15) is 22.4 Å². The predicted octanol–water partition coefficient (Wildman–Crippen LogP) is 3.74. The first-order chi connectivity index (χ1) is 17.5. The van der Waals surface area contributed by atoms with Crippen LogP contribution in [0.25, 0.3) is 6.08 Å². The van der Waals surface area contributed by atoms with Gasteiger partial charge in [0.05, 0.1) is 6.54 Å². The number of likely N-dealkylation sites (N-methyl/N-ethyl adjacent to an activating group) is 1. The molecular formula is C26H31ClN4O4S2. The molecule has 0 spiro atoms. The van der Waals surface area contributed by atoms with Gasteiger partial charge in [0.25, 0.3) is 10.0 Å². The predicted molar refractivity (Wildman–Crippen MR) is 149 cm³/mol. The first kappa shape index (κ1) is 28.8. The molecule has 8 nitrogen and oxygen atoms in total. The monoisotopic (exact) mass is 562 g/mol. The number of allylic oxidation sites excluding steroid dienone is 1. The van der Waals surface area contributed by atoms with Crippen molar-refractivity contribution in [1.29, 1.82) is 5.41 Å². The van der Waals surface area contributed by atoms with Crippen LogP contribution in [0.2, 0.25) is 0 Å². The average Bonchev–Trinajstić information content (AvgIpc) is 3.25. The van der Waals surface area contributed by atoms with Gasteiger partial charge in [0, 0.05) is 42.5 Å². The summed E-state index contributed by atoms with van der Waals surface area (Å²) in [7, 11) is -2.16. The van der Waals surface area contributed by atoms with Crippen molar-refractivity contribution >= 4 is 57.1 Å². The van der Waals surface area contributed by atoms with Gasteiger partial charge in [-0.2, -0.15) is 4.31 Å². The minimum absolute atomic E-state index is 0.118. The standard InChI is InChI=1S/C26H31ClN4O4S2/c1-5-12-29(4)26(28)21-10-7-20(8-11-21)14-31-23(17-32)15-30(16-24(31)33)37(34,35)25-13-22(19(3)36-25)9-6-18(2)27/h5-11,13,17-18,23,28H,1,12,14-16H2,2-4H3/b9-6-,28-26?. The van der Waals surface area contributed by atoms with E-state index in [1.165, 1.54) is 4.90 Å². The van der Waals surface area contributed by atoms with Gasteiger partial charge in [0.2, 0.25) is 5.91 Å². The third-order valence-corrected chi connectivity index (χ3v) is 9.49. The number of sulfonamides is 1. The van der Waals surface area contributed by atoms with Crippen LogP contribution in [0.1, 0.15) is 28.5 Å². The number of aldehydes is 1. The molecule has 1 N–H and O–H groups in total. The van der Waals surface area contributed by atoms with E-state index in [0.717, 1.165) is 31.6 Å². The second-order valence-corrected chi connectivity index (χ2v) is 13.0. The molecule has 0 saturated carbocycles. The van der Waals surface area contributed by atoms with Crippen molar-refractivity contribution in [3.8, 4) is 0 Å². The normalized spacial score (nSPS) is 17.7. The molecule has 2 unspecified atom stereocenters. The molecule has 1 aromatic heterocycles. The van der Waals surface area contributed by atoms with Gasteiger partial charge >= 0.3 is 0 Å². The molecule has 11 heteroatoms. The van der Waals surface area contributed by atoms with E-state index in [2.05, 4.69) is 6.58 Å². The lowest BCUT2D eigenvalue weighted by Crippen LogP contribution is -2.57. The molecule has 1 amide bonds. The molecule has 1 fully saturated rings. The van der Waals surface area contributed by atoms with Gasteiger partial charge in [0.15, 0.2) is 0 Å². The molecule has 2 aromatic rings. The zero-order valence-corrected chi connectivity index (χ0v) is 23.4. The smallest absolute Gasteiger partial charge is 0.253 e. The maximum Gasteiger partial charge on any atom is 0.253 e. The second-order valence-electron chi connectivity index (χ2n) is 8.85. The molecule has 3 rings (SSSR count). The summed E-state index contributed by atoms with van der Waals surface area (Å²) < 4.78 is 27.9. The highest BCUT2D eigenvalue weighted by Gasteiger charge is 2.39. The number of aryl methyl sites for hydroxylation is 1. The maximum absolute atomic E-state index is 13.3. The van der Waals surface area contributed by atoms with Crippen molar-refractivity contribution < 1.29 is 18.0 Å². The number of amidine groups is 1. The fourth-order valence-corrected chi connectivity index (χ4v) is 6.97. The third-order valence-electron chi connectivity index (χ3n) is 6.01. The lowest BCUT2D eigenvalue weighted by molar-refractivity contribution is -0.141. The van der Waals surface area contributed by atoms with Gasteiger partial charge < -0.3 is 14.6 Å². The molecule has 1 aliphatic rings. The molecule has 2 atom stereocenters. The Balaban J connectivity index is 1.75. The van der Waals surface area contributed by atoms with Crippen LogP contribution in [-0.4, -0.2) is 78.7 Å². The molecule has 1 aromatic carbocycles. The summed E-state index contributed by atoms with van der Waals surface area (Å²) in [5, 5.41) is 8.07. The number of benzene rings is 1. The topological polar surface area (TPSA) is 102 Å². The SMILES string of the molecule is C=CCN(C)C(=N)c1ccc(CN2C(=O)CN(S(=O)(=O)c3cc(/C=C\C(C)Cl)c(C)s3)CC2C=O)cc1. The summed E-state index contributed by atoms with van der Waals surface area (Å²) in [6.07, 6.45) is 5.88. The Morgan fingerprint density at radius 1 is 1.35 bits per heavy atom. The molecular weight excluding hydrogens is 532 g/mol. The highest BCUT2D eigenvalue weighted by molar-refractivity contribution is 7.91. The highest BCUT2D eigenvalue weighted by Crippen LogP contribution is 2.31. The number of piperazine rings is 1. The van der Waals surface area contributed by atoms with Crippen molar-refractivity contribution in [2.75, 3.05) is 26.7 Å². The number of hydrogen-bond donors (Lipinski definition) is 1. The van der Waals surface area contributed by atoms with Crippen LogP contribution in [0.5, 0.6) is 0 Å². The number of carbonyl (C=O) groups is 2. The Labute approximate surface area is 227 Å². The summed E-state index contributed by atoms with van der Waals surface area (Å²) in [6.45, 7) is 7.56. The minimum Gasteiger partial charge on any atom is -0.356 e. The largest absolute Gasteiger partial charge is 0.356 e. The number of carbonyl (C=O) groups excluding carboxylic acids is 2. The molecule has 0 radical (unpaired) electrons. The van der Waals surface area contributed by atoms with Crippen molar-refractivity contribution in [2.24, 2.45) is 0 Å². The summed E-state index contributed by atoms with van der Waals surface area (Å²) in [4.78, 5) is 28.9. The van der Waals surface area contributed by atoms with Crippen molar-refractivity contribution in [3.63, 3.8) is 0 Å². The molecule has 37 heavy (non-hydrogen) atoms. The van der Waals surface area contributed by atoms with Gasteiger partial charge in [-0.1, -0.05) is 42.5 Å². The summed E-state index contributed by atoms with van der Waals surface area (Å²) in [5.41, 5.74) is 2.24. The summed E-state index contributed by atoms with van der Waals surface area (Å²) in [6, 6.07) is 7.83. The first-order valence-corrected chi connectivity index (χ1v) is 14.3. The Morgan fingerprint density at radius 2 is 2.03 bits per heavy atom. The fourth-order valence-electron chi connectivity index (χ4n) is 3.90. The zero-order valence-electron chi connectivity index (χ0n) is 21.1. The number of alkyl halides is 1. The van der Waals surface area contributed by atoms with E-state index in [0.29, 0.717) is 24.2 Å². The lowest BCUT2D eigenvalue weighted by atomic mass is 10.1. The highest BCUT2D eigenvalue weighted by atomic mass is 35.5. The fraction of sp³-hybridized carbons (Fsp3) is 0.346. The van der Waals surface area contributed by atoms with Gasteiger partial charge in [-0.05, 0) is 31.0 Å².